The molecule has 85 heavy (non-hydrogen) atoms. The number of hydrogen-bond donors (Lipinski definition) is 0. The molecule has 440 valence electrons. The van der Waals surface area contributed by atoms with Crippen LogP contribution in [0.3, 0.4) is 0 Å². The lowest BCUT2D eigenvalue weighted by Crippen LogP contribution is -2.25. The van der Waals surface area contributed by atoms with Crippen molar-refractivity contribution in [3.05, 3.63) is 332 Å². The highest BCUT2D eigenvalue weighted by Crippen LogP contribution is 2.38. The summed E-state index contributed by atoms with van der Waals surface area (Å²) in [5.74, 6) is 2.43. The van der Waals surface area contributed by atoms with Gasteiger partial charge < -0.3 is 4.74 Å². The van der Waals surface area contributed by atoms with Gasteiger partial charge in [0.1, 0.15) is 11.5 Å². The molecule has 0 N–H and O–H groups in total. The van der Waals surface area contributed by atoms with Crippen molar-refractivity contribution < 1.29 is 4.74 Å². The Hall–Kier alpha value is -7.65. The molecule has 0 bridgehead atoms. The van der Waals surface area contributed by atoms with Crippen molar-refractivity contribution >= 4 is 11.8 Å². The predicted molar refractivity (Wildman–Crippen MR) is 371 cm³/mol. The van der Waals surface area contributed by atoms with Gasteiger partial charge in [0.05, 0.1) is 0 Å². The van der Waals surface area contributed by atoms with E-state index in [2.05, 4.69) is 298 Å². The van der Waals surface area contributed by atoms with Gasteiger partial charge in [-0.1, -0.05) is 296 Å². The molecule has 0 unspecified atom stereocenters. The van der Waals surface area contributed by atoms with E-state index in [9.17, 15) is 0 Å². The summed E-state index contributed by atoms with van der Waals surface area (Å²) in [5.41, 5.74) is 21.7. The zero-order valence-electron chi connectivity index (χ0n) is 54.0. The molecule has 0 aliphatic rings. The molecule has 0 saturated carbocycles. The molecule has 0 aromatic heterocycles. The lowest BCUT2D eigenvalue weighted by molar-refractivity contribution is 0.427. The van der Waals surface area contributed by atoms with Crippen molar-refractivity contribution in [2.75, 3.05) is 0 Å². The Bertz CT molecular complexity index is 3140. The number of unbranched alkanes of at least 4 members (excludes halogenated alkanes) is 1. The average Bonchev–Trinajstić information content (AvgIpc) is 1.89. The molecule has 0 radical (unpaired) electrons. The minimum atomic E-state index is 0.0708. The second kappa shape index (κ2) is 33.2. The number of aryl methyl sites for hydroxylation is 12. The predicted octanol–water partition coefficient (Wildman–Crippen LogP) is 23.7. The number of rotatable bonds is 15. The Kier molecular flexibility index (Phi) is 25.9. The molecule has 0 amide bonds. The number of ether oxygens (including phenoxy) is 1. The standard InChI is InChI=1S/C20H26.C18H22.C17H20.C14H14O.C14H14S/c1-15(2)14-20(5,18-10-6-16(3)7-11-18)19-12-8-17(4)9-13-19;1-15-7-11-17(12-8-15)5-3-4-6-18-13-9-16(2)10-14-18;1-13-5-9-15(10-6-13)17(3,4)16-11-7-14(2)8-12-16;2*1-11-3-7-13(8-4-11)15-14-9-5-12(2)6-10-14/h6-13,15H,14H2,1-5H3;7-14H,3-6H2,1-2H3;5-12H,1-4H3;2*3-10H,1-2H3. The van der Waals surface area contributed by atoms with Gasteiger partial charge in [-0.15, -0.1) is 0 Å². The van der Waals surface area contributed by atoms with Crippen molar-refractivity contribution in [2.24, 2.45) is 5.92 Å². The fourth-order valence-electron chi connectivity index (χ4n) is 10.0. The molecule has 1 nitrogen and oxygen atoms in total. The second-order valence-electron chi connectivity index (χ2n) is 24.7. The van der Waals surface area contributed by atoms with Gasteiger partial charge in [-0.05, 0) is 189 Å². The molecule has 0 heterocycles. The average molecular weight is 1140 g/mol. The maximum Gasteiger partial charge on any atom is 0.127 e. The summed E-state index contributed by atoms with van der Waals surface area (Å²) in [5, 5.41) is 0. The fraction of sp³-hybridized carbons (Fsp3) is 0.277. The number of hydrogen-bond acceptors (Lipinski definition) is 2. The SMILES string of the molecule is Cc1ccc(C(C)(C)c2ccc(C)cc2)cc1.Cc1ccc(C(C)(CC(C)C)c2ccc(C)cc2)cc1.Cc1ccc(CCCCc2ccc(C)cc2)cc1.Cc1ccc(Oc2ccc(C)cc2)cc1.Cc1ccc(Sc2ccc(C)cc2)cc1. The van der Waals surface area contributed by atoms with E-state index in [0.717, 1.165) is 11.5 Å². The monoisotopic (exact) mass is 1140 g/mol. The minimum absolute atomic E-state index is 0.0708. The fourth-order valence-corrected chi connectivity index (χ4v) is 10.9. The Morgan fingerprint density at radius 1 is 0.294 bits per heavy atom. The number of benzene rings is 10. The summed E-state index contributed by atoms with van der Waals surface area (Å²) in [6.07, 6.45) is 6.12. The molecule has 10 rings (SSSR count). The van der Waals surface area contributed by atoms with E-state index in [1.165, 1.54) is 131 Å². The first-order chi connectivity index (χ1) is 40.6. The summed E-state index contributed by atoms with van der Waals surface area (Å²) in [6, 6.07) is 86.9. The van der Waals surface area contributed by atoms with Crippen molar-refractivity contribution in [3.63, 3.8) is 0 Å². The van der Waals surface area contributed by atoms with Gasteiger partial charge >= 0.3 is 0 Å². The van der Waals surface area contributed by atoms with Crippen LogP contribution in [0, 0.1) is 75.2 Å². The normalized spacial score (nSPS) is 10.9. The quantitative estimate of drug-likeness (QED) is 0.0946. The minimum Gasteiger partial charge on any atom is -0.457 e. The molecule has 2 heteroatoms. The van der Waals surface area contributed by atoms with Gasteiger partial charge in [-0.3, -0.25) is 0 Å². The van der Waals surface area contributed by atoms with E-state index in [4.69, 9.17) is 4.74 Å². The highest BCUT2D eigenvalue weighted by Gasteiger charge is 2.29. The van der Waals surface area contributed by atoms with Crippen LogP contribution < -0.4 is 4.74 Å². The molecule has 0 saturated heterocycles. The first kappa shape index (κ1) is 66.5. The van der Waals surface area contributed by atoms with Gasteiger partial charge in [0.15, 0.2) is 0 Å². The maximum atomic E-state index is 5.69. The topological polar surface area (TPSA) is 9.23 Å². The lowest BCUT2D eigenvalue weighted by atomic mass is 9.71. The highest BCUT2D eigenvalue weighted by atomic mass is 32.2. The Morgan fingerprint density at radius 3 is 0.776 bits per heavy atom. The third-order valence-corrected chi connectivity index (χ3v) is 16.7. The van der Waals surface area contributed by atoms with Gasteiger partial charge in [-0.2, -0.15) is 0 Å². The van der Waals surface area contributed by atoms with E-state index in [1.807, 2.05) is 48.5 Å². The van der Waals surface area contributed by atoms with Crippen LogP contribution in [0.5, 0.6) is 11.5 Å². The van der Waals surface area contributed by atoms with E-state index in [0.29, 0.717) is 5.92 Å². The zero-order valence-corrected chi connectivity index (χ0v) is 54.8. The molecule has 10 aromatic carbocycles. The van der Waals surface area contributed by atoms with Crippen LogP contribution >= 0.6 is 11.8 Å². The van der Waals surface area contributed by atoms with E-state index >= 15 is 0 Å². The van der Waals surface area contributed by atoms with Crippen LogP contribution in [0.25, 0.3) is 0 Å². The Balaban J connectivity index is 0.000000171. The van der Waals surface area contributed by atoms with Crippen LogP contribution in [0.1, 0.15) is 143 Å². The zero-order chi connectivity index (χ0) is 61.4. The van der Waals surface area contributed by atoms with Crippen molar-refractivity contribution in [1.29, 1.82) is 0 Å². The van der Waals surface area contributed by atoms with Gasteiger partial charge in [0.2, 0.25) is 0 Å². The third kappa shape index (κ3) is 22.7. The van der Waals surface area contributed by atoms with Crippen molar-refractivity contribution in [2.45, 2.75) is 157 Å². The summed E-state index contributed by atoms with van der Waals surface area (Å²) >= 11 is 1.80. The van der Waals surface area contributed by atoms with Crippen LogP contribution in [0.2, 0.25) is 0 Å². The summed E-state index contributed by atoms with van der Waals surface area (Å²) < 4.78 is 5.69. The molecule has 0 spiro atoms. The molecular formula is C83H96OS. The first-order valence-corrected chi connectivity index (χ1v) is 31.5. The lowest BCUT2D eigenvalue weighted by Gasteiger charge is -2.33. The largest absolute Gasteiger partial charge is 0.457 e. The molecule has 10 aromatic rings. The van der Waals surface area contributed by atoms with Crippen LogP contribution in [-0.4, -0.2) is 0 Å². The molecular weight excluding hydrogens is 1040 g/mol. The van der Waals surface area contributed by atoms with Gasteiger partial charge in [0, 0.05) is 20.6 Å². The maximum absolute atomic E-state index is 5.69. The van der Waals surface area contributed by atoms with Crippen molar-refractivity contribution in [3.8, 4) is 11.5 Å². The van der Waals surface area contributed by atoms with Gasteiger partial charge in [0.25, 0.3) is 0 Å². The Labute approximate surface area is 519 Å². The third-order valence-electron chi connectivity index (χ3n) is 15.7. The Morgan fingerprint density at radius 2 is 0.518 bits per heavy atom. The smallest absolute Gasteiger partial charge is 0.127 e. The summed E-state index contributed by atoms with van der Waals surface area (Å²) in [6.45, 7) is 32.7. The van der Waals surface area contributed by atoms with Gasteiger partial charge in [-0.25, -0.2) is 0 Å². The first-order valence-electron chi connectivity index (χ1n) is 30.7. The van der Waals surface area contributed by atoms with Crippen LogP contribution in [0.4, 0.5) is 0 Å². The summed E-state index contributed by atoms with van der Waals surface area (Å²) in [4.78, 5) is 2.59. The molecule has 0 aliphatic carbocycles. The highest BCUT2D eigenvalue weighted by molar-refractivity contribution is 7.99. The van der Waals surface area contributed by atoms with Crippen LogP contribution in [0.15, 0.2) is 252 Å². The molecule has 0 fully saturated rings. The van der Waals surface area contributed by atoms with Crippen molar-refractivity contribution in [1.82, 2.24) is 0 Å². The summed E-state index contributed by atoms with van der Waals surface area (Å²) in [7, 11) is 0. The molecule has 0 aliphatic heterocycles. The van der Waals surface area contributed by atoms with E-state index in [-0.39, 0.29) is 10.8 Å². The molecule has 0 atom stereocenters. The van der Waals surface area contributed by atoms with Crippen LogP contribution in [-0.2, 0) is 23.7 Å². The van der Waals surface area contributed by atoms with E-state index in [1.54, 1.807) is 11.8 Å². The van der Waals surface area contributed by atoms with E-state index < -0.39 is 0 Å². The second-order valence-corrected chi connectivity index (χ2v) is 25.8.